The molecule has 2 aromatic rings. The van der Waals surface area contributed by atoms with Gasteiger partial charge >= 0.3 is 0 Å². The van der Waals surface area contributed by atoms with E-state index in [0.29, 0.717) is 0 Å². The van der Waals surface area contributed by atoms with Gasteiger partial charge in [0.2, 0.25) is 0 Å². The highest BCUT2D eigenvalue weighted by molar-refractivity contribution is 5.85. The molecule has 0 aliphatic heterocycles. The van der Waals surface area contributed by atoms with Gasteiger partial charge in [-0.2, -0.15) is 0 Å². The van der Waals surface area contributed by atoms with Crippen molar-refractivity contribution in [3.05, 3.63) is 50.6 Å². The topological polar surface area (TPSA) is 44.9 Å². The van der Waals surface area contributed by atoms with Crippen molar-refractivity contribution in [2.45, 2.75) is 13.8 Å². The molecule has 0 fully saturated rings. The summed E-state index contributed by atoms with van der Waals surface area (Å²) in [7, 11) is 0. The number of imidazole rings is 2. The number of nitrogens with zero attached hydrogens (tertiary/aromatic N) is 4. The van der Waals surface area contributed by atoms with Crippen LogP contribution in [0.25, 0.3) is 12.4 Å². The highest BCUT2D eigenvalue weighted by Gasteiger charge is 1.73. The van der Waals surface area contributed by atoms with Gasteiger partial charge in [0.1, 0.15) is 0 Å². The Morgan fingerprint density at radius 1 is 0.950 bits per heavy atom. The van der Waals surface area contributed by atoms with Crippen LogP contribution in [0.5, 0.6) is 0 Å². The van der Waals surface area contributed by atoms with Crippen LogP contribution in [0, 0.1) is 0 Å². The van der Waals surface area contributed by atoms with E-state index in [0.717, 1.165) is 13.2 Å². The van der Waals surface area contributed by atoms with E-state index in [4.69, 9.17) is 4.74 Å². The van der Waals surface area contributed by atoms with E-state index in [9.17, 15) is 0 Å². The zero-order valence-corrected chi connectivity index (χ0v) is 12.9. The molecule has 0 amide bonds. The molecule has 5 nitrogen and oxygen atoms in total. The van der Waals surface area contributed by atoms with E-state index in [-0.39, 0.29) is 12.4 Å². The molecule has 0 aliphatic carbocycles. The Bertz CT molecular complexity index is 372. The van der Waals surface area contributed by atoms with Gasteiger partial charge < -0.3 is 13.9 Å². The van der Waals surface area contributed by atoms with Gasteiger partial charge in [0.05, 0.1) is 12.7 Å². The molecule has 20 heavy (non-hydrogen) atoms. The Kier molecular flexibility index (Phi) is 15.6. The van der Waals surface area contributed by atoms with Crippen LogP contribution in [-0.2, 0) is 4.74 Å². The van der Waals surface area contributed by atoms with Crippen molar-refractivity contribution in [1.29, 1.82) is 0 Å². The number of hydrogen-bond donors (Lipinski definition) is 0. The molecule has 0 N–H and O–H groups in total. The molecular weight excluding hydrogens is 276 g/mol. The molecule has 2 rings (SSSR count). The molecule has 0 aromatic carbocycles. The van der Waals surface area contributed by atoms with E-state index < -0.39 is 0 Å². The van der Waals surface area contributed by atoms with Crippen molar-refractivity contribution in [2.24, 2.45) is 0 Å². The summed E-state index contributed by atoms with van der Waals surface area (Å²) >= 11 is 0. The maximum atomic E-state index is 4.83. The molecular formula is C14H23ClN4O. The van der Waals surface area contributed by atoms with Gasteiger partial charge in [-0.1, -0.05) is 13.2 Å². The summed E-state index contributed by atoms with van der Waals surface area (Å²) in [5.41, 5.74) is 0. The highest BCUT2D eigenvalue weighted by Crippen LogP contribution is 1.82. The van der Waals surface area contributed by atoms with E-state index >= 15 is 0 Å². The monoisotopic (exact) mass is 298 g/mol. The van der Waals surface area contributed by atoms with Crippen LogP contribution >= 0.6 is 12.4 Å². The van der Waals surface area contributed by atoms with Crippen LogP contribution < -0.4 is 0 Å². The van der Waals surface area contributed by atoms with Crippen molar-refractivity contribution >= 4 is 24.8 Å². The van der Waals surface area contributed by atoms with Crippen LogP contribution in [0.3, 0.4) is 0 Å². The average Bonchev–Trinajstić information content (AvgIpc) is 3.14. The Morgan fingerprint density at radius 2 is 1.35 bits per heavy atom. The standard InChI is InChI=1S/2C5H6N2.C4H10O.ClH/c2*1-2-7-4-3-6-5-7;1-3-5-4-2;/h2*2-5H,1H2;3-4H2,1-2H3;1H. The second-order valence-electron chi connectivity index (χ2n) is 3.17. The van der Waals surface area contributed by atoms with Crippen molar-refractivity contribution in [3.63, 3.8) is 0 Å². The molecule has 0 saturated heterocycles. The third-order valence-electron chi connectivity index (χ3n) is 1.88. The fraction of sp³-hybridized carbons (Fsp3) is 0.286. The normalized spacial score (nSPS) is 8.10. The number of aromatic nitrogens is 4. The quantitative estimate of drug-likeness (QED) is 0.868. The minimum atomic E-state index is 0. The molecule has 6 heteroatoms. The lowest BCUT2D eigenvalue weighted by molar-refractivity contribution is 0.162. The second-order valence-corrected chi connectivity index (χ2v) is 3.17. The lowest BCUT2D eigenvalue weighted by Gasteiger charge is -1.86. The van der Waals surface area contributed by atoms with Gasteiger partial charge in [-0.05, 0) is 13.8 Å². The van der Waals surface area contributed by atoms with Crippen LogP contribution in [0.2, 0.25) is 0 Å². The van der Waals surface area contributed by atoms with Crippen molar-refractivity contribution < 1.29 is 4.74 Å². The molecule has 0 saturated carbocycles. The first kappa shape index (κ1) is 20.5. The van der Waals surface area contributed by atoms with E-state index in [1.165, 1.54) is 0 Å². The molecule has 0 bridgehead atoms. The van der Waals surface area contributed by atoms with Crippen molar-refractivity contribution in [1.82, 2.24) is 19.1 Å². The number of halogens is 1. The Labute approximate surface area is 127 Å². The summed E-state index contributed by atoms with van der Waals surface area (Å²) < 4.78 is 8.39. The summed E-state index contributed by atoms with van der Waals surface area (Å²) in [5.74, 6) is 0. The third kappa shape index (κ3) is 11.3. The summed E-state index contributed by atoms with van der Waals surface area (Å²) in [4.78, 5) is 7.57. The van der Waals surface area contributed by atoms with Gasteiger partial charge in [0, 0.05) is 50.4 Å². The van der Waals surface area contributed by atoms with E-state index in [2.05, 4.69) is 23.1 Å². The van der Waals surface area contributed by atoms with Gasteiger partial charge in [0.25, 0.3) is 0 Å². The number of rotatable bonds is 4. The summed E-state index contributed by atoms with van der Waals surface area (Å²) in [6, 6.07) is 0. The first-order valence-corrected chi connectivity index (χ1v) is 6.06. The van der Waals surface area contributed by atoms with Gasteiger partial charge in [0.15, 0.2) is 0 Å². The zero-order valence-electron chi connectivity index (χ0n) is 12.1. The zero-order chi connectivity index (χ0) is 14.3. The van der Waals surface area contributed by atoms with E-state index in [1.54, 1.807) is 46.6 Å². The summed E-state index contributed by atoms with van der Waals surface area (Å²) in [6.07, 6.45) is 13.8. The molecule has 0 atom stereocenters. The predicted molar refractivity (Wildman–Crippen MR) is 86.6 cm³/mol. The summed E-state index contributed by atoms with van der Waals surface area (Å²) in [6.45, 7) is 12.7. The molecule has 112 valence electrons. The summed E-state index contributed by atoms with van der Waals surface area (Å²) in [5, 5.41) is 0. The largest absolute Gasteiger partial charge is 0.382 e. The van der Waals surface area contributed by atoms with Crippen molar-refractivity contribution in [3.8, 4) is 0 Å². The number of hydrogen-bond acceptors (Lipinski definition) is 3. The fourth-order valence-corrected chi connectivity index (χ4v) is 0.959. The molecule has 2 aromatic heterocycles. The van der Waals surface area contributed by atoms with Crippen LogP contribution in [0.15, 0.2) is 50.6 Å². The van der Waals surface area contributed by atoms with Crippen LogP contribution in [-0.4, -0.2) is 32.3 Å². The second kappa shape index (κ2) is 15.2. The molecule has 0 spiro atoms. The molecule has 0 aliphatic rings. The Balaban J connectivity index is 0. The SMILES string of the molecule is C=Cn1ccnc1.C=Cn1ccnc1.CCOCC.Cl. The van der Waals surface area contributed by atoms with Gasteiger partial charge in [-0.15, -0.1) is 12.4 Å². The predicted octanol–water partition coefficient (Wildman–Crippen LogP) is 3.43. The van der Waals surface area contributed by atoms with E-state index in [1.807, 2.05) is 26.2 Å². The average molecular weight is 299 g/mol. The maximum absolute atomic E-state index is 4.83. The smallest absolute Gasteiger partial charge is 0.0986 e. The maximum Gasteiger partial charge on any atom is 0.0986 e. The fourth-order valence-electron chi connectivity index (χ4n) is 0.959. The van der Waals surface area contributed by atoms with Crippen LogP contribution in [0.1, 0.15) is 13.8 Å². The minimum Gasteiger partial charge on any atom is -0.382 e. The lowest BCUT2D eigenvalue weighted by atomic mass is 10.8. The molecule has 0 unspecified atom stereocenters. The molecule has 2 heterocycles. The lowest BCUT2D eigenvalue weighted by Crippen LogP contribution is -1.84. The minimum absolute atomic E-state index is 0. The first-order chi connectivity index (χ1) is 9.28. The third-order valence-corrected chi connectivity index (χ3v) is 1.88. The van der Waals surface area contributed by atoms with Crippen molar-refractivity contribution in [2.75, 3.05) is 13.2 Å². The number of ether oxygens (including phenoxy) is 1. The Hall–Kier alpha value is -1.85. The van der Waals surface area contributed by atoms with Gasteiger partial charge in [-0.3, -0.25) is 0 Å². The highest BCUT2D eigenvalue weighted by atomic mass is 35.5. The Morgan fingerprint density at radius 3 is 1.45 bits per heavy atom. The first-order valence-electron chi connectivity index (χ1n) is 6.06. The molecule has 0 radical (unpaired) electrons. The van der Waals surface area contributed by atoms with Gasteiger partial charge in [-0.25, -0.2) is 9.97 Å². The van der Waals surface area contributed by atoms with Crippen LogP contribution in [0.4, 0.5) is 0 Å².